The van der Waals surface area contributed by atoms with E-state index in [1.165, 1.54) is 6.92 Å². The zero-order valence-corrected chi connectivity index (χ0v) is 13.5. The van der Waals surface area contributed by atoms with Crippen molar-refractivity contribution in [3.05, 3.63) is 65.2 Å². The Balaban J connectivity index is 2.18. The lowest BCUT2D eigenvalue weighted by Gasteiger charge is -2.13. The zero-order chi connectivity index (χ0) is 16.7. The van der Waals surface area contributed by atoms with Crippen molar-refractivity contribution < 1.29 is 19.1 Å². The van der Waals surface area contributed by atoms with Gasteiger partial charge >= 0.3 is 5.97 Å². The number of ketones is 1. The quantitative estimate of drug-likeness (QED) is 0.440. The van der Waals surface area contributed by atoms with Crippen molar-refractivity contribution in [1.82, 2.24) is 0 Å². The van der Waals surface area contributed by atoms with Crippen LogP contribution in [0, 0.1) is 0 Å². The highest BCUT2D eigenvalue weighted by Gasteiger charge is 2.11. The van der Waals surface area contributed by atoms with Gasteiger partial charge in [-0.05, 0) is 23.8 Å². The van der Waals surface area contributed by atoms with Crippen molar-refractivity contribution in [3.8, 4) is 5.75 Å². The van der Waals surface area contributed by atoms with Gasteiger partial charge in [-0.15, -0.1) is 11.6 Å². The molecule has 0 aromatic heterocycles. The van der Waals surface area contributed by atoms with Crippen molar-refractivity contribution in [2.75, 3.05) is 5.88 Å². The molecule has 23 heavy (non-hydrogen) atoms. The van der Waals surface area contributed by atoms with Gasteiger partial charge in [-0.2, -0.15) is 0 Å². The molecule has 0 spiro atoms. The maximum atomic E-state index is 11.7. The Bertz CT molecular complexity index is 683. The second-order valence-electron chi connectivity index (χ2n) is 4.93. The first-order valence-corrected chi connectivity index (χ1v) is 7.66. The van der Waals surface area contributed by atoms with Crippen LogP contribution in [0.25, 0.3) is 0 Å². The van der Waals surface area contributed by atoms with Crippen LogP contribution in [-0.2, 0) is 22.7 Å². The lowest BCUT2D eigenvalue weighted by Crippen LogP contribution is -2.06. The van der Waals surface area contributed by atoms with Gasteiger partial charge in [0, 0.05) is 18.1 Å². The highest BCUT2D eigenvalue weighted by Crippen LogP contribution is 2.23. The summed E-state index contributed by atoms with van der Waals surface area (Å²) in [6.45, 7) is 1.76. The number of alkyl halides is 1. The van der Waals surface area contributed by atoms with Gasteiger partial charge in [0.2, 0.25) is 0 Å². The third kappa shape index (κ3) is 5.11. The highest BCUT2D eigenvalue weighted by molar-refractivity contribution is 6.30. The van der Waals surface area contributed by atoms with Gasteiger partial charge in [-0.25, -0.2) is 0 Å². The van der Waals surface area contributed by atoms with Crippen LogP contribution < -0.4 is 4.74 Å². The minimum Gasteiger partial charge on any atom is -0.488 e. The second kappa shape index (κ2) is 8.34. The van der Waals surface area contributed by atoms with E-state index in [0.717, 1.165) is 5.56 Å². The maximum absolute atomic E-state index is 11.7. The number of rotatable bonds is 7. The van der Waals surface area contributed by atoms with E-state index in [2.05, 4.69) is 0 Å². The molecule has 0 N–H and O–H groups in total. The molecular formula is C18H17ClO4. The summed E-state index contributed by atoms with van der Waals surface area (Å²) in [7, 11) is 0. The average molecular weight is 333 g/mol. The lowest BCUT2D eigenvalue weighted by molar-refractivity contribution is -0.142. The molecule has 0 heterocycles. The Kier molecular flexibility index (Phi) is 6.18. The summed E-state index contributed by atoms with van der Waals surface area (Å²) in [6, 6.07) is 14.7. The molecule has 120 valence electrons. The first kappa shape index (κ1) is 17.0. The number of hydrogen-bond donors (Lipinski definition) is 0. The van der Waals surface area contributed by atoms with Crippen molar-refractivity contribution in [3.63, 3.8) is 0 Å². The van der Waals surface area contributed by atoms with Crippen molar-refractivity contribution in [2.45, 2.75) is 20.1 Å². The van der Waals surface area contributed by atoms with Crippen molar-refractivity contribution >= 4 is 23.4 Å². The number of carbonyl (C=O) groups excluding carboxylic acids is 2. The molecule has 2 aromatic rings. The topological polar surface area (TPSA) is 52.6 Å². The highest BCUT2D eigenvalue weighted by atomic mass is 35.5. The summed E-state index contributed by atoms with van der Waals surface area (Å²) < 4.78 is 10.8. The summed E-state index contributed by atoms with van der Waals surface area (Å²) in [5.41, 5.74) is 2.12. The molecule has 2 rings (SSSR count). The van der Waals surface area contributed by atoms with Crippen LogP contribution >= 0.6 is 11.6 Å². The molecule has 0 unspecified atom stereocenters. The Labute approximate surface area is 140 Å². The van der Waals surface area contributed by atoms with E-state index in [0.29, 0.717) is 23.5 Å². The van der Waals surface area contributed by atoms with E-state index in [-0.39, 0.29) is 18.3 Å². The Hall–Kier alpha value is -2.33. The van der Waals surface area contributed by atoms with Crippen molar-refractivity contribution in [2.24, 2.45) is 0 Å². The smallest absolute Gasteiger partial charge is 0.302 e. The summed E-state index contributed by atoms with van der Waals surface area (Å²) in [5.74, 6) is -0.114. The average Bonchev–Trinajstić information content (AvgIpc) is 2.58. The molecule has 2 aromatic carbocycles. The van der Waals surface area contributed by atoms with Gasteiger partial charge in [0.15, 0.2) is 5.78 Å². The monoisotopic (exact) mass is 332 g/mol. The number of Topliss-reactive ketones (excluding diaryl/α,β-unsaturated/α-hetero) is 1. The van der Waals surface area contributed by atoms with Gasteiger partial charge in [0.25, 0.3) is 0 Å². The molecule has 0 saturated carbocycles. The van der Waals surface area contributed by atoms with Crippen LogP contribution in [0.1, 0.15) is 28.4 Å². The van der Waals surface area contributed by atoms with E-state index >= 15 is 0 Å². The number of carbonyl (C=O) groups is 2. The third-order valence-corrected chi connectivity index (χ3v) is 3.41. The van der Waals surface area contributed by atoms with E-state index in [1.54, 1.807) is 18.2 Å². The van der Waals surface area contributed by atoms with Gasteiger partial charge in [0.05, 0.1) is 5.88 Å². The van der Waals surface area contributed by atoms with Gasteiger partial charge in [0.1, 0.15) is 19.0 Å². The molecular weight excluding hydrogens is 316 g/mol. The molecule has 0 saturated heterocycles. The molecule has 0 amide bonds. The Morgan fingerprint density at radius 1 is 1.04 bits per heavy atom. The molecule has 0 aliphatic carbocycles. The zero-order valence-electron chi connectivity index (χ0n) is 12.8. The molecule has 4 nitrogen and oxygen atoms in total. The van der Waals surface area contributed by atoms with Crippen LogP contribution in [-0.4, -0.2) is 17.6 Å². The van der Waals surface area contributed by atoms with Crippen LogP contribution in [0.4, 0.5) is 0 Å². The fourth-order valence-corrected chi connectivity index (χ4v) is 2.15. The molecule has 0 fully saturated rings. The van der Waals surface area contributed by atoms with Gasteiger partial charge in [-0.1, -0.05) is 30.3 Å². The van der Waals surface area contributed by atoms with E-state index < -0.39 is 5.97 Å². The van der Waals surface area contributed by atoms with Crippen LogP contribution in [0.15, 0.2) is 48.5 Å². The summed E-state index contributed by atoms with van der Waals surface area (Å²) in [5, 5.41) is 0. The minimum atomic E-state index is -0.395. The summed E-state index contributed by atoms with van der Waals surface area (Å²) in [4.78, 5) is 22.7. The molecule has 5 heteroatoms. The first-order valence-electron chi connectivity index (χ1n) is 7.12. The SMILES string of the molecule is CC(=O)OCc1cc(C(=O)CCl)ccc1OCc1ccccc1. The van der Waals surface area contributed by atoms with Crippen LogP contribution in [0.5, 0.6) is 5.75 Å². The summed E-state index contributed by atoms with van der Waals surface area (Å²) >= 11 is 5.58. The lowest BCUT2D eigenvalue weighted by atomic mass is 10.1. The van der Waals surface area contributed by atoms with E-state index in [4.69, 9.17) is 21.1 Å². The normalized spacial score (nSPS) is 10.2. The predicted molar refractivity (Wildman–Crippen MR) is 87.7 cm³/mol. The molecule has 0 aliphatic heterocycles. The number of esters is 1. The standard InChI is InChI=1S/C18H17ClO4/c1-13(20)22-12-16-9-15(17(21)10-19)7-8-18(16)23-11-14-5-3-2-4-6-14/h2-9H,10-12H2,1H3. The van der Waals surface area contributed by atoms with Gasteiger partial charge in [-0.3, -0.25) is 9.59 Å². The predicted octanol–water partition coefficient (Wildman–Crippen LogP) is 3.75. The fraction of sp³-hybridized carbons (Fsp3) is 0.222. The van der Waals surface area contributed by atoms with Crippen molar-refractivity contribution in [1.29, 1.82) is 0 Å². The number of benzene rings is 2. The fourth-order valence-electron chi connectivity index (χ4n) is 2.00. The first-order chi connectivity index (χ1) is 11.1. The third-order valence-electron chi connectivity index (χ3n) is 3.17. The Morgan fingerprint density at radius 2 is 1.78 bits per heavy atom. The van der Waals surface area contributed by atoms with Crippen LogP contribution in [0.2, 0.25) is 0 Å². The largest absolute Gasteiger partial charge is 0.488 e. The minimum absolute atomic E-state index is 0.0445. The van der Waals surface area contributed by atoms with E-state index in [9.17, 15) is 9.59 Å². The second-order valence-corrected chi connectivity index (χ2v) is 5.20. The van der Waals surface area contributed by atoms with Crippen LogP contribution in [0.3, 0.4) is 0 Å². The number of hydrogen-bond acceptors (Lipinski definition) is 4. The molecule has 0 radical (unpaired) electrons. The van der Waals surface area contributed by atoms with E-state index in [1.807, 2.05) is 30.3 Å². The molecule has 0 aliphatic rings. The number of ether oxygens (including phenoxy) is 2. The Morgan fingerprint density at radius 3 is 2.43 bits per heavy atom. The number of halogens is 1. The van der Waals surface area contributed by atoms with Gasteiger partial charge < -0.3 is 9.47 Å². The maximum Gasteiger partial charge on any atom is 0.302 e. The molecule has 0 bridgehead atoms. The summed E-state index contributed by atoms with van der Waals surface area (Å²) in [6.07, 6.45) is 0. The molecule has 0 atom stereocenters.